The van der Waals surface area contributed by atoms with E-state index in [0.717, 1.165) is 44.3 Å². The van der Waals surface area contributed by atoms with Crippen molar-refractivity contribution in [2.24, 2.45) is 0 Å². The first-order valence-corrected chi connectivity index (χ1v) is 14.4. The van der Waals surface area contributed by atoms with Crippen molar-refractivity contribution in [2.45, 2.75) is 37.9 Å². The maximum absolute atomic E-state index is 6.13. The zero-order valence-corrected chi connectivity index (χ0v) is 15.7. The molecule has 0 N–H and O–H groups in total. The van der Waals surface area contributed by atoms with Crippen LogP contribution in [0.2, 0.25) is 18.0 Å². The molecule has 3 aliphatic heterocycles. The molecule has 112 valence electrons. The molecule has 0 aromatic carbocycles. The Morgan fingerprint density at radius 2 is 1.53 bits per heavy atom. The van der Waals surface area contributed by atoms with Gasteiger partial charge >= 0.3 is 121 Å². The Morgan fingerprint density at radius 3 is 1.95 bits per heavy atom. The van der Waals surface area contributed by atoms with Crippen LogP contribution >= 0.6 is 0 Å². The second-order valence-corrected chi connectivity index (χ2v) is 17.2. The number of nitrogens with zero attached hydrogens (tertiary/aromatic N) is 1. The van der Waals surface area contributed by atoms with E-state index < -0.39 is 22.6 Å². The first-order chi connectivity index (χ1) is 8.91. The molecule has 0 atom stereocenters. The van der Waals surface area contributed by atoms with Gasteiger partial charge in [0.2, 0.25) is 0 Å². The van der Waals surface area contributed by atoms with Crippen LogP contribution in [0.15, 0.2) is 0 Å². The molecular weight excluding hydrogens is 323 g/mol. The summed E-state index contributed by atoms with van der Waals surface area (Å²) in [4.78, 5) is 3.25. The first kappa shape index (κ1) is 15.9. The average molecular weight is 350 g/mol. The summed E-state index contributed by atoms with van der Waals surface area (Å²) in [6, 6.07) is 0. The zero-order valence-electron chi connectivity index (χ0n) is 12.6. The van der Waals surface area contributed by atoms with E-state index >= 15 is 0 Å². The summed E-state index contributed by atoms with van der Waals surface area (Å²) in [5.41, 5.74) is 0. The van der Waals surface area contributed by atoms with Crippen molar-refractivity contribution in [3.63, 3.8) is 0 Å². The van der Waals surface area contributed by atoms with Gasteiger partial charge in [-0.3, -0.25) is 0 Å². The molecule has 3 aliphatic rings. The van der Waals surface area contributed by atoms with Gasteiger partial charge in [-0.1, -0.05) is 0 Å². The fourth-order valence-corrected chi connectivity index (χ4v) is 17.6. The maximum atomic E-state index is 6.13. The molecule has 0 aromatic rings. The van der Waals surface area contributed by atoms with Gasteiger partial charge in [-0.2, -0.15) is 0 Å². The van der Waals surface area contributed by atoms with Gasteiger partial charge in [0, 0.05) is 0 Å². The summed E-state index contributed by atoms with van der Waals surface area (Å²) < 4.78 is 24.5. The van der Waals surface area contributed by atoms with Gasteiger partial charge in [0.1, 0.15) is 0 Å². The van der Waals surface area contributed by atoms with Crippen LogP contribution in [-0.4, -0.2) is 73.1 Å². The second kappa shape index (κ2) is 6.55. The minimum absolute atomic E-state index is 0.262. The van der Waals surface area contributed by atoms with E-state index in [9.17, 15) is 0 Å². The Bertz CT molecular complexity index is 277. The van der Waals surface area contributed by atoms with Gasteiger partial charge in [-0.25, -0.2) is 0 Å². The monoisotopic (exact) mass is 351 g/mol. The molecule has 3 saturated heterocycles. The quantitative estimate of drug-likeness (QED) is 0.719. The predicted molar refractivity (Wildman–Crippen MR) is 78.6 cm³/mol. The first-order valence-electron chi connectivity index (χ1n) is 7.23. The van der Waals surface area contributed by atoms with Crippen molar-refractivity contribution in [1.29, 1.82) is 0 Å². The predicted octanol–water partition coefficient (Wildman–Crippen LogP) is 1.47. The summed E-state index contributed by atoms with van der Waals surface area (Å²) in [6.07, 6.45) is 0.262. The molecule has 3 rings (SSSR count). The Labute approximate surface area is 121 Å². The number of rotatable bonds is 4. The van der Waals surface area contributed by atoms with E-state index in [1.807, 2.05) is 0 Å². The number of hydrogen-bond donors (Lipinski definition) is 0. The molecule has 0 unspecified atom stereocenters. The summed E-state index contributed by atoms with van der Waals surface area (Å²) >= 11 is -3.09. The third-order valence-corrected chi connectivity index (χ3v) is 17.9. The molecule has 7 heteroatoms. The van der Waals surface area contributed by atoms with Gasteiger partial charge < -0.3 is 0 Å². The molecule has 3 heterocycles. The Morgan fingerprint density at radius 1 is 1.05 bits per heavy atom. The van der Waals surface area contributed by atoms with E-state index in [1.165, 1.54) is 0 Å². The van der Waals surface area contributed by atoms with Crippen LogP contribution < -0.4 is 0 Å². The summed E-state index contributed by atoms with van der Waals surface area (Å²) in [7, 11) is -1.79. The third kappa shape index (κ3) is 4.80. The van der Waals surface area contributed by atoms with Crippen molar-refractivity contribution in [2.75, 3.05) is 39.5 Å². The second-order valence-electron chi connectivity index (χ2n) is 6.17. The van der Waals surface area contributed by atoms with Crippen molar-refractivity contribution >= 4 is 22.6 Å². The van der Waals surface area contributed by atoms with Crippen molar-refractivity contribution in [1.82, 2.24) is 4.90 Å². The van der Waals surface area contributed by atoms with E-state index in [2.05, 4.69) is 31.8 Å². The van der Waals surface area contributed by atoms with Crippen LogP contribution in [-0.2, 0) is 15.7 Å². The average Bonchev–Trinajstić information content (AvgIpc) is 2.16. The van der Waals surface area contributed by atoms with Gasteiger partial charge in [-0.15, -0.1) is 0 Å². The molecule has 2 bridgehead atoms. The molecular formula is C12H27GeNO4Si. The van der Waals surface area contributed by atoms with Gasteiger partial charge in [0.05, 0.1) is 0 Å². The molecule has 0 spiro atoms. The Hall–Kier alpha value is 0.560. The van der Waals surface area contributed by atoms with E-state index in [1.54, 1.807) is 0 Å². The summed E-state index contributed by atoms with van der Waals surface area (Å²) in [5.74, 6) is 0. The molecule has 0 radical (unpaired) electrons. The third-order valence-electron chi connectivity index (χ3n) is 3.39. The topological polar surface area (TPSA) is 40.2 Å². The van der Waals surface area contributed by atoms with Gasteiger partial charge in [0.25, 0.3) is 0 Å². The van der Waals surface area contributed by atoms with Crippen LogP contribution in [0, 0.1) is 0 Å². The van der Waals surface area contributed by atoms with Crippen LogP contribution in [0.25, 0.3) is 0 Å². The van der Waals surface area contributed by atoms with Crippen LogP contribution in [0.3, 0.4) is 0 Å². The molecule has 0 amide bonds. The van der Waals surface area contributed by atoms with Crippen LogP contribution in [0.1, 0.15) is 13.8 Å². The van der Waals surface area contributed by atoms with E-state index in [-0.39, 0.29) is 6.10 Å². The van der Waals surface area contributed by atoms with E-state index in [0.29, 0.717) is 0 Å². The number of hydrogen-bond acceptors (Lipinski definition) is 5. The minimum atomic E-state index is -3.09. The SMILES string of the molecule is CC(C)O[Si](C)(C)[CH2][Ge]12[O]CCN(CC[O]1)CC[O]2. The zero-order chi connectivity index (χ0) is 13.9. The summed E-state index contributed by atoms with van der Waals surface area (Å²) in [6.45, 7) is 13.9. The molecule has 3 fully saturated rings. The van der Waals surface area contributed by atoms with E-state index in [4.69, 9.17) is 15.7 Å². The fraction of sp³-hybridized carbons (Fsp3) is 1.00. The Balaban J connectivity index is 2.05. The normalized spacial score (nSPS) is 33.0. The molecule has 0 aliphatic carbocycles. The van der Waals surface area contributed by atoms with Crippen LogP contribution in [0.4, 0.5) is 0 Å². The molecule has 0 saturated carbocycles. The molecule has 0 aromatic heterocycles. The van der Waals surface area contributed by atoms with Gasteiger partial charge in [-0.05, 0) is 0 Å². The standard InChI is InChI=1S/C12H27GeNO4Si/c1-12(2)18-19(3,4)11-13-15-8-5-14(6-9-16-13)7-10-17-13/h12H,5-11H2,1-4H3. The van der Waals surface area contributed by atoms with Crippen molar-refractivity contribution in [3.8, 4) is 0 Å². The van der Waals surface area contributed by atoms with Crippen LogP contribution in [0.5, 0.6) is 0 Å². The van der Waals surface area contributed by atoms with Crippen molar-refractivity contribution < 1.29 is 15.7 Å². The molecule has 5 nitrogen and oxygen atoms in total. The fourth-order valence-electron chi connectivity index (χ4n) is 2.81. The Kier molecular flexibility index (Phi) is 5.49. The molecule has 19 heavy (non-hydrogen) atoms. The summed E-state index contributed by atoms with van der Waals surface area (Å²) in [5, 5.41) is 0. The van der Waals surface area contributed by atoms with Gasteiger partial charge in [0.15, 0.2) is 0 Å². The van der Waals surface area contributed by atoms with Crippen molar-refractivity contribution in [3.05, 3.63) is 0 Å². The number of fused-ring (bicyclic) bond motifs is 6.